The molecule has 2 N–H and O–H groups in total. The number of hydrogen-bond acceptors (Lipinski definition) is 3. The summed E-state index contributed by atoms with van der Waals surface area (Å²) in [6.07, 6.45) is 6.97. The quantitative estimate of drug-likeness (QED) is 0.912. The average molecular weight is 301 g/mol. The third-order valence-electron chi connectivity index (χ3n) is 4.42. The standard InChI is InChI=1S/C17H23N3O2/c1-3-14-15-10-18-20-16(15)8-9-17(14)22-13-6-4-12(5-7-13)19-11(2)21/h8-10,12-13H,3-7H2,1-2H3,(H,18,20)(H,19,21)/t12-,13+. The van der Waals surface area contributed by atoms with Crippen molar-refractivity contribution in [2.75, 3.05) is 0 Å². The van der Waals surface area contributed by atoms with Gasteiger partial charge in [-0.15, -0.1) is 0 Å². The van der Waals surface area contributed by atoms with Crippen molar-refractivity contribution in [3.8, 4) is 5.75 Å². The van der Waals surface area contributed by atoms with Gasteiger partial charge in [0.1, 0.15) is 5.75 Å². The van der Waals surface area contributed by atoms with Crippen molar-refractivity contribution in [1.82, 2.24) is 15.5 Å². The second-order valence-electron chi connectivity index (χ2n) is 6.02. The second-order valence-corrected chi connectivity index (χ2v) is 6.02. The summed E-state index contributed by atoms with van der Waals surface area (Å²) in [5.41, 5.74) is 2.27. The van der Waals surface area contributed by atoms with Crippen molar-refractivity contribution >= 4 is 16.8 Å². The summed E-state index contributed by atoms with van der Waals surface area (Å²) in [6.45, 7) is 3.72. The molecule has 1 aliphatic rings. The number of hydrogen-bond donors (Lipinski definition) is 2. The summed E-state index contributed by atoms with van der Waals surface area (Å²) in [5.74, 6) is 1.03. The summed E-state index contributed by atoms with van der Waals surface area (Å²) in [5, 5.41) is 11.3. The first-order chi connectivity index (χ1) is 10.7. The predicted octanol–water partition coefficient (Wildman–Crippen LogP) is 2.95. The molecule has 5 nitrogen and oxygen atoms in total. The zero-order chi connectivity index (χ0) is 15.5. The smallest absolute Gasteiger partial charge is 0.217 e. The number of rotatable bonds is 4. The Morgan fingerprint density at radius 3 is 2.82 bits per heavy atom. The third kappa shape index (κ3) is 3.08. The molecule has 1 aromatic heterocycles. The summed E-state index contributed by atoms with van der Waals surface area (Å²) < 4.78 is 6.25. The van der Waals surface area contributed by atoms with E-state index in [1.54, 1.807) is 6.92 Å². The number of benzene rings is 1. The molecule has 3 rings (SSSR count). The number of aromatic nitrogens is 2. The van der Waals surface area contributed by atoms with E-state index in [-0.39, 0.29) is 12.0 Å². The number of nitrogens with one attached hydrogen (secondary N) is 2. The zero-order valence-electron chi connectivity index (χ0n) is 13.2. The van der Waals surface area contributed by atoms with Crippen LogP contribution in [0.3, 0.4) is 0 Å². The molecule has 1 aromatic carbocycles. The minimum Gasteiger partial charge on any atom is -0.490 e. The Hall–Kier alpha value is -2.04. The highest BCUT2D eigenvalue weighted by Crippen LogP contribution is 2.31. The highest BCUT2D eigenvalue weighted by atomic mass is 16.5. The van der Waals surface area contributed by atoms with Gasteiger partial charge in [0.2, 0.25) is 5.91 Å². The minimum absolute atomic E-state index is 0.0584. The van der Waals surface area contributed by atoms with Crippen molar-refractivity contribution in [2.24, 2.45) is 0 Å². The van der Waals surface area contributed by atoms with E-state index in [1.165, 1.54) is 5.56 Å². The maximum Gasteiger partial charge on any atom is 0.217 e. The summed E-state index contributed by atoms with van der Waals surface area (Å²) in [6, 6.07) is 4.37. The Morgan fingerprint density at radius 2 is 2.14 bits per heavy atom. The van der Waals surface area contributed by atoms with Gasteiger partial charge in [0.25, 0.3) is 0 Å². The molecule has 0 radical (unpaired) electrons. The van der Waals surface area contributed by atoms with Crippen molar-refractivity contribution in [1.29, 1.82) is 0 Å². The fourth-order valence-electron chi connectivity index (χ4n) is 3.32. The molecule has 1 fully saturated rings. The van der Waals surface area contributed by atoms with Crippen molar-refractivity contribution in [3.05, 3.63) is 23.9 Å². The van der Waals surface area contributed by atoms with Crippen LogP contribution in [0.4, 0.5) is 0 Å². The van der Waals surface area contributed by atoms with Crippen LogP contribution in [0.5, 0.6) is 5.75 Å². The molecule has 118 valence electrons. The normalized spacial score (nSPS) is 21.7. The lowest BCUT2D eigenvalue weighted by Crippen LogP contribution is -2.38. The van der Waals surface area contributed by atoms with Crippen LogP contribution in [0, 0.1) is 0 Å². The number of amides is 1. The molecule has 0 saturated heterocycles. The molecular formula is C17H23N3O2. The summed E-state index contributed by atoms with van der Waals surface area (Å²) in [7, 11) is 0. The Labute approximate surface area is 130 Å². The Bertz CT molecular complexity index is 657. The molecule has 1 aliphatic carbocycles. The Morgan fingerprint density at radius 1 is 1.36 bits per heavy atom. The molecule has 1 amide bonds. The molecule has 22 heavy (non-hydrogen) atoms. The average Bonchev–Trinajstić information content (AvgIpc) is 2.97. The molecule has 2 aromatic rings. The highest BCUT2D eigenvalue weighted by Gasteiger charge is 2.23. The van der Waals surface area contributed by atoms with E-state index in [1.807, 2.05) is 18.3 Å². The lowest BCUT2D eigenvalue weighted by Gasteiger charge is -2.29. The van der Waals surface area contributed by atoms with Crippen LogP contribution in [-0.4, -0.2) is 28.3 Å². The SMILES string of the molecule is CCc1c(O[C@H]2CC[C@@H](NC(C)=O)CC2)ccc2[nH]ncc12. The van der Waals surface area contributed by atoms with Gasteiger partial charge in [-0.05, 0) is 44.2 Å². The van der Waals surface area contributed by atoms with Gasteiger partial charge >= 0.3 is 0 Å². The van der Waals surface area contributed by atoms with Crippen molar-refractivity contribution < 1.29 is 9.53 Å². The van der Waals surface area contributed by atoms with Crippen LogP contribution in [0.1, 0.15) is 45.1 Å². The number of carbonyl (C=O) groups excluding carboxylic acids is 1. The van der Waals surface area contributed by atoms with E-state index < -0.39 is 0 Å². The summed E-state index contributed by atoms with van der Waals surface area (Å²) in [4.78, 5) is 11.1. The molecule has 0 unspecified atom stereocenters. The fourth-order valence-corrected chi connectivity index (χ4v) is 3.32. The van der Waals surface area contributed by atoms with Gasteiger partial charge in [-0.3, -0.25) is 9.89 Å². The minimum atomic E-state index is 0.0584. The third-order valence-corrected chi connectivity index (χ3v) is 4.42. The molecule has 1 heterocycles. The van der Waals surface area contributed by atoms with Gasteiger partial charge in [0.05, 0.1) is 17.8 Å². The number of aryl methyl sites for hydroxylation is 1. The van der Waals surface area contributed by atoms with E-state index in [9.17, 15) is 4.79 Å². The zero-order valence-corrected chi connectivity index (χ0v) is 13.2. The number of nitrogens with zero attached hydrogens (tertiary/aromatic N) is 1. The predicted molar refractivity (Wildman–Crippen MR) is 86.0 cm³/mol. The molecule has 0 bridgehead atoms. The van der Waals surface area contributed by atoms with E-state index in [4.69, 9.17) is 4.74 Å². The van der Waals surface area contributed by atoms with Gasteiger partial charge in [0.15, 0.2) is 0 Å². The number of aromatic amines is 1. The molecule has 0 spiro atoms. The van der Waals surface area contributed by atoms with E-state index in [2.05, 4.69) is 22.4 Å². The first-order valence-electron chi connectivity index (χ1n) is 8.06. The number of carbonyl (C=O) groups is 1. The Kier molecular flexibility index (Phi) is 4.32. The monoisotopic (exact) mass is 301 g/mol. The number of fused-ring (bicyclic) bond motifs is 1. The maximum absolute atomic E-state index is 11.1. The van der Waals surface area contributed by atoms with Crippen LogP contribution in [0.25, 0.3) is 10.9 Å². The van der Waals surface area contributed by atoms with Crippen molar-refractivity contribution in [3.63, 3.8) is 0 Å². The van der Waals surface area contributed by atoms with Crippen LogP contribution >= 0.6 is 0 Å². The van der Waals surface area contributed by atoms with Gasteiger partial charge < -0.3 is 10.1 Å². The van der Waals surface area contributed by atoms with Crippen LogP contribution < -0.4 is 10.1 Å². The highest BCUT2D eigenvalue weighted by molar-refractivity contribution is 5.84. The van der Waals surface area contributed by atoms with Gasteiger partial charge in [0, 0.05) is 23.9 Å². The topological polar surface area (TPSA) is 67.0 Å². The number of ether oxygens (including phenoxy) is 1. The van der Waals surface area contributed by atoms with Crippen LogP contribution in [0.15, 0.2) is 18.3 Å². The summed E-state index contributed by atoms with van der Waals surface area (Å²) >= 11 is 0. The van der Waals surface area contributed by atoms with Gasteiger partial charge in [-0.1, -0.05) is 6.92 Å². The maximum atomic E-state index is 11.1. The molecule has 0 aliphatic heterocycles. The van der Waals surface area contributed by atoms with E-state index >= 15 is 0 Å². The van der Waals surface area contributed by atoms with Gasteiger partial charge in [-0.2, -0.15) is 5.10 Å². The lowest BCUT2D eigenvalue weighted by molar-refractivity contribution is -0.120. The lowest BCUT2D eigenvalue weighted by atomic mass is 9.92. The molecule has 1 saturated carbocycles. The fraction of sp³-hybridized carbons (Fsp3) is 0.529. The first kappa shape index (κ1) is 14.9. The van der Waals surface area contributed by atoms with Crippen molar-refractivity contribution in [2.45, 2.75) is 58.1 Å². The van der Waals surface area contributed by atoms with Gasteiger partial charge in [-0.25, -0.2) is 0 Å². The molecule has 5 heteroatoms. The van der Waals surface area contributed by atoms with Crippen LogP contribution in [-0.2, 0) is 11.2 Å². The van der Waals surface area contributed by atoms with E-state index in [0.717, 1.165) is 48.8 Å². The number of H-pyrrole nitrogens is 1. The van der Waals surface area contributed by atoms with Crippen LogP contribution in [0.2, 0.25) is 0 Å². The van der Waals surface area contributed by atoms with E-state index in [0.29, 0.717) is 6.04 Å². The molecule has 0 atom stereocenters. The first-order valence-corrected chi connectivity index (χ1v) is 8.06. The molecular weight excluding hydrogens is 278 g/mol. The Balaban J connectivity index is 1.68. The largest absolute Gasteiger partial charge is 0.490 e. The second kappa shape index (κ2) is 6.38.